The lowest BCUT2D eigenvalue weighted by Gasteiger charge is -2.49. The minimum atomic E-state index is -4.70. The van der Waals surface area contributed by atoms with Gasteiger partial charge in [-0.1, -0.05) is 5.21 Å². The molecule has 38 heavy (non-hydrogen) atoms. The smallest absolute Gasteiger partial charge is 0.449 e. The summed E-state index contributed by atoms with van der Waals surface area (Å²) in [7, 11) is 0. The molecule has 5 atom stereocenters. The van der Waals surface area contributed by atoms with E-state index in [1.54, 1.807) is 0 Å². The third-order valence-corrected chi connectivity index (χ3v) is 6.46. The monoisotopic (exact) mass is 549 g/mol. The summed E-state index contributed by atoms with van der Waals surface area (Å²) in [6.07, 6.45) is -6.60. The van der Waals surface area contributed by atoms with Gasteiger partial charge in [0.1, 0.15) is 42.4 Å². The SMILES string of the molecule is OC[C@H]1O[C@@]2(CCCO2)[C@H](OCc2ccc(C(F)(F)F)o2)[C@@H](n2cc(-c3cc(F)c(F)c(F)c3)nn2)[C@H]1O. The maximum atomic E-state index is 13.8. The van der Waals surface area contributed by atoms with Gasteiger partial charge in [-0.3, -0.25) is 0 Å². The van der Waals surface area contributed by atoms with E-state index in [-0.39, 0.29) is 30.0 Å². The van der Waals surface area contributed by atoms with Crippen LogP contribution in [0.25, 0.3) is 11.3 Å². The van der Waals surface area contributed by atoms with E-state index < -0.39 is 72.7 Å². The molecule has 9 nitrogen and oxygen atoms in total. The summed E-state index contributed by atoms with van der Waals surface area (Å²) in [6.45, 7) is -0.868. The second-order valence-electron chi connectivity index (χ2n) is 8.92. The summed E-state index contributed by atoms with van der Waals surface area (Å²) in [5, 5.41) is 28.7. The minimum Gasteiger partial charge on any atom is -0.454 e. The van der Waals surface area contributed by atoms with Crippen molar-refractivity contribution in [3.05, 3.63) is 59.4 Å². The fourth-order valence-corrected chi connectivity index (χ4v) is 4.71. The molecule has 3 aromatic rings. The van der Waals surface area contributed by atoms with Crippen LogP contribution >= 0.6 is 0 Å². The van der Waals surface area contributed by atoms with E-state index in [9.17, 15) is 36.6 Å². The van der Waals surface area contributed by atoms with Crippen LogP contribution in [0.2, 0.25) is 0 Å². The Hall–Kier alpha value is -2.98. The van der Waals surface area contributed by atoms with Crippen LogP contribution in [-0.2, 0) is 27.0 Å². The third-order valence-electron chi connectivity index (χ3n) is 6.46. The van der Waals surface area contributed by atoms with Crippen LogP contribution in [0.4, 0.5) is 26.3 Å². The topological polar surface area (TPSA) is 112 Å². The highest BCUT2D eigenvalue weighted by Crippen LogP contribution is 2.45. The molecular weight excluding hydrogens is 528 g/mol. The van der Waals surface area contributed by atoms with Crippen LogP contribution in [0.1, 0.15) is 30.4 Å². The highest BCUT2D eigenvalue weighted by atomic mass is 19.4. The van der Waals surface area contributed by atoms with Crippen molar-refractivity contribution < 1.29 is 55.2 Å². The molecule has 0 unspecified atom stereocenters. The van der Waals surface area contributed by atoms with Crippen LogP contribution in [0.5, 0.6) is 0 Å². The van der Waals surface area contributed by atoms with Gasteiger partial charge >= 0.3 is 6.18 Å². The van der Waals surface area contributed by atoms with Crippen LogP contribution in [-0.4, -0.2) is 62.5 Å². The van der Waals surface area contributed by atoms with Crippen molar-refractivity contribution in [3.8, 4) is 11.3 Å². The molecule has 0 amide bonds. The molecule has 5 rings (SSSR count). The first-order valence-electron chi connectivity index (χ1n) is 11.5. The molecule has 2 aromatic heterocycles. The molecule has 1 spiro atoms. The Balaban J connectivity index is 1.49. The molecule has 0 aliphatic carbocycles. The maximum Gasteiger partial charge on any atom is 0.449 e. The fourth-order valence-electron chi connectivity index (χ4n) is 4.71. The highest BCUT2D eigenvalue weighted by molar-refractivity contribution is 5.57. The van der Waals surface area contributed by atoms with E-state index >= 15 is 0 Å². The highest BCUT2D eigenvalue weighted by Gasteiger charge is 2.58. The lowest BCUT2D eigenvalue weighted by atomic mass is 9.88. The van der Waals surface area contributed by atoms with Crippen molar-refractivity contribution in [2.45, 2.75) is 55.8 Å². The Morgan fingerprint density at radius 2 is 1.89 bits per heavy atom. The van der Waals surface area contributed by atoms with E-state index in [2.05, 4.69) is 10.3 Å². The van der Waals surface area contributed by atoms with E-state index in [0.717, 1.165) is 16.8 Å². The van der Waals surface area contributed by atoms with E-state index in [1.165, 1.54) is 6.20 Å². The minimum absolute atomic E-state index is 0.0805. The molecule has 4 heterocycles. The summed E-state index contributed by atoms with van der Waals surface area (Å²) in [4.78, 5) is 0. The Morgan fingerprint density at radius 1 is 1.16 bits per heavy atom. The van der Waals surface area contributed by atoms with Crippen molar-refractivity contribution in [2.75, 3.05) is 13.2 Å². The van der Waals surface area contributed by atoms with Crippen LogP contribution in [0, 0.1) is 17.5 Å². The molecule has 206 valence electrons. The second-order valence-corrected chi connectivity index (χ2v) is 8.92. The average Bonchev–Trinajstić information content (AvgIpc) is 3.63. The molecule has 2 saturated heterocycles. The number of halogens is 6. The number of furan rings is 1. The quantitative estimate of drug-likeness (QED) is 0.356. The number of alkyl halides is 3. The number of hydrogen-bond donors (Lipinski definition) is 2. The van der Waals surface area contributed by atoms with E-state index in [0.29, 0.717) is 18.6 Å². The first kappa shape index (κ1) is 26.6. The number of benzene rings is 1. The van der Waals surface area contributed by atoms with Crippen molar-refractivity contribution in [1.29, 1.82) is 0 Å². The summed E-state index contributed by atoms with van der Waals surface area (Å²) in [5.74, 6) is -7.46. The van der Waals surface area contributed by atoms with Gasteiger partial charge in [0.2, 0.25) is 5.76 Å². The van der Waals surface area contributed by atoms with Crippen molar-refractivity contribution in [2.24, 2.45) is 0 Å². The number of ether oxygens (including phenoxy) is 3. The zero-order chi connectivity index (χ0) is 27.2. The van der Waals surface area contributed by atoms with Gasteiger partial charge in [-0.05, 0) is 30.7 Å². The Kier molecular flexibility index (Phi) is 6.98. The Labute approximate surface area is 210 Å². The standard InChI is InChI=1S/C23H21F6N3O6/c24-13-6-11(7-14(25)18(13)26)15-8-32(31-30-15)19-20(34)16(9-33)38-22(4-1-5-36-22)21(19)35-10-12-2-3-17(37-12)23(27,28)29/h2-3,6-8,16,19-21,33-34H,1,4-5,9-10H2/t16-,19+,20+,21-,22+/m1/s1. The maximum absolute atomic E-state index is 13.8. The molecule has 0 bridgehead atoms. The second kappa shape index (κ2) is 9.96. The number of hydrogen-bond acceptors (Lipinski definition) is 8. The predicted octanol–water partition coefficient (Wildman–Crippen LogP) is 3.36. The number of aliphatic hydroxyl groups is 2. The van der Waals surface area contributed by atoms with Gasteiger partial charge in [-0.2, -0.15) is 13.2 Å². The molecule has 2 fully saturated rings. The molecule has 2 N–H and O–H groups in total. The van der Waals surface area contributed by atoms with Crippen LogP contribution in [0.3, 0.4) is 0 Å². The Bertz CT molecular complexity index is 1270. The van der Waals surface area contributed by atoms with Crippen LogP contribution in [0.15, 0.2) is 34.9 Å². The molecule has 2 aliphatic heterocycles. The van der Waals surface area contributed by atoms with Gasteiger partial charge in [0.15, 0.2) is 23.2 Å². The third kappa shape index (κ3) is 4.80. The summed E-state index contributed by atoms with van der Waals surface area (Å²) in [5.41, 5.74) is -0.226. The van der Waals surface area contributed by atoms with E-state index in [1.807, 2.05) is 0 Å². The lowest BCUT2D eigenvalue weighted by molar-refractivity contribution is -0.348. The van der Waals surface area contributed by atoms with Gasteiger partial charge in [-0.15, -0.1) is 5.10 Å². The zero-order valence-corrected chi connectivity index (χ0v) is 19.4. The van der Waals surface area contributed by atoms with E-state index in [4.69, 9.17) is 18.6 Å². The molecule has 0 radical (unpaired) electrons. The fraction of sp³-hybridized carbons (Fsp3) is 0.478. The number of nitrogens with zero attached hydrogens (tertiary/aromatic N) is 3. The van der Waals surface area contributed by atoms with Gasteiger partial charge in [0.05, 0.1) is 19.4 Å². The van der Waals surface area contributed by atoms with Gasteiger partial charge in [0, 0.05) is 12.0 Å². The number of aromatic nitrogens is 3. The van der Waals surface area contributed by atoms with Crippen molar-refractivity contribution >= 4 is 0 Å². The average molecular weight is 549 g/mol. The largest absolute Gasteiger partial charge is 0.454 e. The van der Waals surface area contributed by atoms with Crippen molar-refractivity contribution in [1.82, 2.24) is 15.0 Å². The molecule has 2 aliphatic rings. The number of aliphatic hydroxyl groups excluding tert-OH is 2. The lowest BCUT2D eigenvalue weighted by Crippen LogP contribution is -2.63. The summed E-state index contributed by atoms with van der Waals surface area (Å²) in [6, 6.07) is 2.08. The molecular formula is C23H21F6N3O6. The van der Waals surface area contributed by atoms with Crippen LogP contribution < -0.4 is 0 Å². The molecule has 0 saturated carbocycles. The van der Waals surface area contributed by atoms with Gasteiger partial charge in [-0.25, -0.2) is 17.9 Å². The van der Waals surface area contributed by atoms with Crippen molar-refractivity contribution in [3.63, 3.8) is 0 Å². The Morgan fingerprint density at radius 3 is 2.50 bits per heavy atom. The summed E-state index contributed by atoms with van der Waals surface area (Å²) >= 11 is 0. The number of rotatable bonds is 6. The first-order valence-corrected chi connectivity index (χ1v) is 11.5. The molecule has 1 aromatic carbocycles. The molecule has 15 heteroatoms. The zero-order valence-electron chi connectivity index (χ0n) is 19.4. The van der Waals surface area contributed by atoms with Gasteiger partial charge < -0.3 is 28.8 Å². The van der Waals surface area contributed by atoms with Gasteiger partial charge in [0.25, 0.3) is 0 Å². The summed E-state index contributed by atoms with van der Waals surface area (Å²) < 4.78 is 103. The first-order chi connectivity index (χ1) is 18.0. The predicted molar refractivity (Wildman–Crippen MR) is 113 cm³/mol. The normalized spacial score (nSPS) is 27.9.